The number of ether oxygens (including phenoxy) is 2. The minimum atomic E-state index is -0.650. The van der Waals surface area contributed by atoms with Gasteiger partial charge in [0.25, 0.3) is 11.8 Å². The molecule has 3 aliphatic rings. The summed E-state index contributed by atoms with van der Waals surface area (Å²) in [6.45, 7) is 0.873. The van der Waals surface area contributed by atoms with E-state index < -0.39 is 29.3 Å². The first-order valence-corrected chi connectivity index (χ1v) is 12.9. The first-order chi connectivity index (χ1) is 17.3. The standard InChI is InChI=1S/C26H31N3O6S/c1-27-15-18(23(30)28-13-7-11-20(28)25(32)34-2)22(36-17-9-5-4-6-10-17)19(16-27)24(31)29-14-8-12-21(29)26(33)35-3/h4-6,9-10,15-16,20-22H,7-8,11-14H2,1-3H3. The highest BCUT2D eigenvalue weighted by Gasteiger charge is 2.43. The lowest BCUT2D eigenvalue weighted by molar-refractivity contribution is -0.150. The van der Waals surface area contributed by atoms with Gasteiger partial charge in [-0.3, -0.25) is 9.59 Å². The van der Waals surface area contributed by atoms with Crippen molar-refractivity contribution in [2.24, 2.45) is 0 Å². The van der Waals surface area contributed by atoms with Gasteiger partial charge in [0.15, 0.2) is 0 Å². The lowest BCUT2D eigenvalue weighted by atomic mass is 10.00. The molecule has 4 rings (SSSR count). The van der Waals surface area contributed by atoms with Crippen LogP contribution < -0.4 is 0 Å². The predicted molar refractivity (Wildman–Crippen MR) is 134 cm³/mol. The molecule has 2 saturated heterocycles. The minimum Gasteiger partial charge on any atom is -0.467 e. The Morgan fingerprint density at radius 2 is 1.28 bits per heavy atom. The van der Waals surface area contributed by atoms with Gasteiger partial charge in [-0.15, -0.1) is 11.8 Å². The van der Waals surface area contributed by atoms with Gasteiger partial charge in [-0.05, 0) is 37.8 Å². The van der Waals surface area contributed by atoms with Gasteiger partial charge in [-0.1, -0.05) is 18.2 Å². The van der Waals surface area contributed by atoms with E-state index in [2.05, 4.69) is 0 Å². The Balaban J connectivity index is 1.69. The maximum absolute atomic E-state index is 13.9. The number of carbonyl (C=O) groups excluding carboxylic acids is 4. The molecule has 2 amide bonds. The van der Waals surface area contributed by atoms with Gasteiger partial charge < -0.3 is 24.2 Å². The molecule has 0 aromatic heterocycles. The van der Waals surface area contributed by atoms with Gasteiger partial charge in [-0.2, -0.15) is 0 Å². The number of thioether (sulfide) groups is 1. The van der Waals surface area contributed by atoms with Gasteiger partial charge in [0.2, 0.25) is 0 Å². The molecule has 36 heavy (non-hydrogen) atoms. The van der Waals surface area contributed by atoms with Crippen molar-refractivity contribution in [2.75, 3.05) is 34.4 Å². The molecule has 192 valence electrons. The molecule has 2 atom stereocenters. The van der Waals surface area contributed by atoms with Crippen LogP contribution in [0.2, 0.25) is 0 Å². The molecule has 1 aromatic carbocycles. The Bertz CT molecular complexity index is 1020. The topological polar surface area (TPSA) is 96.5 Å². The van der Waals surface area contributed by atoms with Crippen LogP contribution in [-0.2, 0) is 28.7 Å². The summed E-state index contributed by atoms with van der Waals surface area (Å²) in [5.41, 5.74) is 0.809. The molecule has 0 N–H and O–H groups in total. The van der Waals surface area contributed by atoms with E-state index in [-0.39, 0.29) is 11.8 Å². The summed E-state index contributed by atoms with van der Waals surface area (Å²) in [5, 5.41) is -0.624. The molecule has 10 heteroatoms. The van der Waals surface area contributed by atoms with E-state index in [0.29, 0.717) is 49.9 Å². The summed E-state index contributed by atoms with van der Waals surface area (Å²) in [7, 11) is 4.39. The number of esters is 2. The van der Waals surface area contributed by atoms with Gasteiger partial charge in [0.1, 0.15) is 12.1 Å². The largest absolute Gasteiger partial charge is 0.467 e. The highest BCUT2D eigenvalue weighted by atomic mass is 32.2. The normalized spacial score (nSPS) is 23.8. The van der Waals surface area contributed by atoms with E-state index in [1.165, 1.54) is 26.0 Å². The zero-order valence-corrected chi connectivity index (χ0v) is 21.5. The third kappa shape index (κ3) is 5.13. The second-order valence-corrected chi connectivity index (χ2v) is 10.2. The lowest BCUT2D eigenvalue weighted by Gasteiger charge is -2.34. The van der Waals surface area contributed by atoms with Crippen LogP contribution >= 0.6 is 11.8 Å². The number of nitrogens with zero attached hydrogens (tertiary/aromatic N) is 3. The maximum atomic E-state index is 13.9. The lowest BCUT2D eigenvalue weighted by Crippen LogP contribution is -2.47. The van der Waals surface area contributed by atoms with Crippen molar-refractivity contribution >= 4 is 35.5 Å². The number of carbonyl (C=O) groups is 4. The van der Waals surface area contributed by atoms with Gasteiger partial charge >= 0.3 is 11.9 Å². The Labute approximate surface area is 215 Å². The van der Waals surface area contributed by atoms with E-state index >= 15 is 0 Å². The van der Waals surface area contributed by atoms with Gasteiger partial charge in [-0.25, -0.2) is 9.59 Å². The highest BCUT2D eigenvalue weighted by molar-refractivity contribution is 8.00. The molecule has 0 spiro atoms. The van der Waals surface area contributed by atoms with Crippen LogP contribution in [0.25, 0.3) is 0 Å². The SMILES string of the molecule is COC(=O)C1CCCN1C(=O)C1=CN(C)C=C(C(=O)N2CCCC2C(=O)OC)C1Sc1ccccc1. The van der Waals surface area contributed by atoms with Crippen molar-refractivity contribution in [3.05, 3.63) is 53.9 Å². The third-order valence-electron chi connectivity index (χ3n) is 6.72. The fourth-order valence-corrected chi connectivity index (χ4v) is 6.15. The Morgan fingerprint density at radius 3 is 1.72 bits per heavy atom. The number of methoxy groups -OCH3 is 2. The molecular weight excluding hydrogens is 482 g/mol. The summed E-state index contributed by atoms with van der Waals surface area (Å²) < 4.78 is 9.87. The van der Waals surface area contributed by atoms with Crippen LogP contribution in [0.1, 0.15) is 25.7 Å². The van der Waals surface area contributed by atoms with Crippen LogP contribution in [0.3, 0.4) is 0 Å². The van der Waals surface area contributed by atoms with E-state index in [4.69, 9.17) is 9.47 Å². The Morgan fingerprint density at radius 1 is 0.806 bits per heavy atom. The molecule has 0 saturated carbocycles. The van der Waals surface area contributed by atoms with E-state index in [1.54, 1.807) is 34.1 Å². The summed E-state index contributed by atoms with van der Waals surface area (Å²) in [5.74, 6) is -1.48. The van der Waals surface area contributed by atoms with Crippen LogP contribution in [0.5, 0.6) is 0 Å². The first kappa shape index (κ1) is 25.8. The van der Waals surface area contributed by atoms with Crippen LogP contribution in [0.4, 0.5) is 0 Å². The molecule has 2 fully saturated rings. The summed E-state index contributed by atoms with van der Waals surface area (Å²) >= 11 is 1.40. The van der Waals surface area contributed by atoms with Crippen molar-refractivity contribution in [1.82, 2.24) is 14.7 Å². The second-order valence-electron chi connectivity index (χ2n) is 9.00. The number of amides is 2. The smallest absolute Gasteiger partial charge is 0.328 e. The Hall–Kier alpha value is -3.27. The molecule has 0 radical (unpaired) electrons. The number of hydrogen-bond donors (Lipinski definition) is 0. The van der Waals surface area contributed by atoms with E-state index in [1.807, 2.05) is 30.3 Å². The summed E-state index contributed by atoms with van der Waals surface area (Å²) in [6, 6.07) is 8.25. The minimum absolute atomic E-state index is 0.299. The monoisotopic (exact) mass is 513 g/mol. The molecular formula is C26H31N3O6S. The average Bonchev–Trinajstić information content (AvgIpc) is 3.58. The summed E-state index contributed by atoms with van der Waals surface area (Å²) in [4.78, 5) is 58.1. The zero-order valence-electron chi connectivity index (χ0n) is 20.7. The number of likely N-dealkylation sites (tertiary alicyclic amines) is 2. The van der Waals surface area contributed by atoms with E-state index in [0.717, 1.165) is 4.90 Å². The third-order valence-corrected chi connectivity index (χ3v) is 8.00. The number of hydrogen-bond acceptors (Lipinski definition) is 8. The summed E-state index contributed by atoms with van der Waals surface area (Å²) in [6.07, 6.45) is 5.90. The predicted octanol–water partition coefficient (Wildman–Crippen LogP) is 2.19. The Kier molecular flexibility index (Phi) is 8.03. The molecule has 9 nitrogen and oxygen atoms in total. The maximum Gasteiger partial charge on any atom is 0.328 e. The average molecular weight is 514 g/mol. The molecule has 0 bridgehead atoms. The van der Waals surface area contributed by atoms with Crippen molar-refractivity contribution < 1.29 is 28.7 Å². The van der Waals surface area contributed by atoms with Crippen molar-refractivity contribution in [2.45, 2.75) is 47.9 Å². The number of rotatable bonds is 6. The van der Waals surface area contributed by atoms with Crippen LogP contribution in [0.15, 0.2) is 58.8 Å². The first-order valence-electron chi connectivity index (χ1n) is 12.0. The fourth-order valence-electron chi connectivity index (χ4n) is 4.99. The molecule has 3 aliphatic heterocycles. The van der Waals surface area contributed by atoms with Crippen molar-refractivity contribution in [3.63, 3.8) is 0 Å². The molecule has 3 heterocycles. The van der Waals surface area contributed by atoms with Gasteiger partial charge in [0.05, 0.1) is 30.6 Å². The highest BCUT2D eigenvalue weighted by Crippen LogP contribution is 2.39. The second kappa shape index (κ2) is 11.2. The van der Waals surface area contributed by atoms with Crippen LogP contribution in [0, 0.1) is 0 Å². The molecule has 1 aromatic rings. The van der Waals surface area contributed by atoms with Crippen molar-refractivity contribution in [1.29, 1.82) is 0 Å². The van der Waals surface area contributed by atoms with Crippen LogP contribution in [-0.4, -0.2) is 90.1 Å². The molecule has 2 unspecified atom stereocenters. The van der Waals surface area contributed by atoms with E-state index in [9.17, 15) is 19.2 Å². The van der Waals surface area contributed by atoms with Gasteiger partial charge in [0, 0.05) is 37.4 Å². The molecule has 0 aliphatic carbocycles. The quantitative estimate of drug-likeness (QED) is 0.534. The van der Waals surface area contributed by atoms with Crippen molar-refractivity contribution in [3.8, 4) is 0 Å². The zero-order chi connectivity index (χ0) is 25.8. The fraction of sp³-hybridized carbons (Fsp3) is 0.462. The number of benzene rings is 1.